The maximum absolute atomic E-state index is 12.1. The molecule has 250 valence electrons. The lowest BCUT2D eigenvalue weighted by Gasteiger charge is -2.46. The maximum Gasteiger partial charge on any atom is 0.410 e. The third kappa shape index (κ3) is 12.0. The van der Waals surface area contributed by atoms with Gasteiger partial charge in [0.25, 0.3) is 0 Å². The molecule has 10 heteroatoms. The van der Waals surface area contributed by atoms with Crippen molar-refractivity contribution in [1.82, 2.24) is 30.2 Å². The Kier molecular flexibility index (Phi) is 13.4. The van der Waals surface area contributed by atoms with Crippen molar-refractivity contribution in [3.63, 3.8) is 0 Å². The number of hydrogen-bond donors (Lipinski definition) is 2. The highest BCUT2D eigenvalue weighted by atomic mass is 16.6. The van der Waals surface area contributed by atoms with Crippen molar-refractivity contribution in [2.75, 3.05) is 58.9 Å². The third-order valence-corrected chi connectivity index (χ3v) is 9.00. The first-order chi connectivity index (χ1) is 20.1. The van der Waals surface area contributed by atoms with Gasteiger partial charge in [-0.2, -0.15) is 0 Å². The van der Waals surface area contributed by atoms with Crippen LogP contribution in [0.5, 0.6) is 0 Å². The van der Waals surface area contributed by atoms with Crippen LogP contribution in [0.25, 0.3) is 0 Å². The summed E-state index contributed by atoms with van der Waals surface area (Å²) in [6.45, 7) is 26.8. The van der Waals surface area contributed by atoms with Crippen molar-refractivity contribution in [3.8, 4) is 0 Å². The maximum atomic E-state index is 12.1. The molecule has 2 saturated carbocycles. The van der Waals surface area contributed by atoms with E-state index in [9.17, 15) is 9.59 Å². The second-order valence-corrected chi connectivity index (χ2v) is 15.3. The van der Waals surface area contributed by atoms with Crippen LogP contribution in [0.2, 0.25) is 0 Å². The first kappa shape index (κ1) is 35.9. The van der Waals surface area contributed by atoms with E-state index < -0.39 is 11.2 Å². The van der Waals surface area contributed by atoms with E-state index in [2.05, 4.69) is 34.3 Å². The number of piperazine rings is 3. The van der Waals surface area contributed by atoms with E-state index in [1.54, 1.807) is 4.90 Å². The Balaban J connectivity index is 0.000000182. The summed E-state index contributed by atoms with van der Waals surface area (Å²) in [5.74, 6) is 0. The zero-order chi connectivity index (χ0) is 31.8. The molecule has 2 amide bonds. The van der Waals surface area contributed by atoms with Gasteiger partial charge in [0.05, 0.1) is 0 Å². The summed E-state index contributed by atoms with van der Waals surface area (Å²) in [6, 6.07) is 2.91. The number of carbonyl (C=O) groups excluding carboxylic acids is 2. The van der Waals surface area contributed by atoms with Gasteiger partial charge in [-0.1, -0.05) is 12.8 Å². The van der Waals surface area contributed by atoms with Crippen LogP contribution in [0.1, 0.15) is 101 Å². The smallest absolute Gasteiger partial charge is 0.410 e. The number of hydrogen-bond acceptors (Lipinski definition) is 8. The Morgan fingerprint density at radius 2 is 1.16 bits per heavy atom. The molecule has 0 radical (unpaired) electrons. The van der Waals surface area contributed by atoms with Crippen LogP contribution >= 0.6 is 0 Å². The summed E-state index contributed by atoms with van der Waals surface area (Å²) < 4.78 is 10.8. The largest absolute Gasteiger partial charge is 0.444 e. The highest BCUT2D eigenvalue weighted by Gasteiger charge is 2.35. The summed E-state index contributed by atoms with van der Waals surface area (Å²) in [6.07, 6.45) is 8.03. The lowest BCUT2D eigenvalue weighted by Crippen LogP contribution is -2.58. The molecule has 10 nitrogen and oxygen atoms in total. The molecule has 5 rings (SSSR count). The Morgan fingerprint density at radius 3 is 1.58 bits per heavy atom. The number of ether oxygens (including phenoxy) is 2. The fourth-order valence-corrected chi connectivity index (χ4v) is 6.14. The van der Waals surface area contributed by atoms with Gasteiger partial charge in [-0.15, -0.1) is 0 Å². The van der Waals surface area contributed by atoms with E-state index in [0.29, 0.717) is 6.04 Å². The Bertz CT molecular complexity index is 866. The molecule has 5 aliphatic rings. The fourth-order valence-electron chi connectivity index (χ4n) is 6.14. The summed E-state index contributed by atoms with van der Waals surface area (Å²) in [7, 11) is 0. The number of amides is 2. The highest BCUT2D eigenvalue weighted by molar-refractivity contribution is 5.69. The van der Waals surface area contributed by atoms with Crippen molar-refractivity contribution in [1.29, 1.82) is 0 Å². The SMILES string of the molecule is C[C@@H]1CN(C2CCC2)CCN1.C[C@@H]1CN(C2CCC2)CCN1C(=O)OC(C)(C)C.C[C@@H]1CNCCN1C(=O)OC(C)(C)C. The molecule has 3 heterocycles. The van der Waals surface area contributed by atoms with Crippen molar-refractivity contribution in [2.45, 2.75) is 142 Å². The predicted molar refractivity (Wildman–Crippen MR) is 174 cm³/mol. The van der Waals surface area contributed by atoms with Crippen molar-refractivity contribution in [2.24, 2.45) is 0 Å². The molecular formula is C33H64N6O4. The summed E-state index contributed by atoms with van der Waals surface area (Å²) in [4.78, 5) is 32.6. The third-order valence-electron chi connectivity index (χ3n) is 9.00. The van der Waals surface area contributed by atoms with Gasteiger partial charge in [-0.05, 0) is 88.0 Å². The molecule has 43 heavy (non-hydrogen) atoms. The molecule has 0 aromatic rings. The molecule has 0 spiro atoms. The quantitative estimate of drug-likeness (QED) is 0.473. The standard InChI is InChI=1S/C14H26N2O2.C10H20N2O2.C9H18N2/c1-11-10-15(12-6-5-7-12)8-9-16(11)13(17)18-14(2,3)4;1-8-7-11-5-6-12(8)9(13)14-10(2,3)4;1-8-7-11(6-5-10-8)9-3-2-4-9/h11-12H,5-10H2,1-4H3;8,11H,5-7H2,1-4H3;8-10H,2-7H2,1H3/t11-;2*8-/m111/s1. The minimum absolute atomic E-state index is 0.164. The lowest BCUT2D eigenvalue weighted by atomic mass is 9.90. The van der Waals surface area contributed by atoms with Crippen molar-refractivity contribution < 1.29 is 19.1 Å². The first-order valence-corrected chi connectivity index (χ1v) is 17.0. The van der Waals surface area contributed by atoms with Crippen LogP contribution in [0, 0.1) is 0 Å². The number of nitrogens with zero attached hydrogens (tertiary/aromatic N) is 4. The minimum Gasteiger partial charge on any atom is -0.444 e. The zero-order valence-corrected chi connectivity index (χ0v) is 28.9. The summed E-state index contributed by atoms with van der Waals surface area (Å²) >= 11 is 0. The zero-order valence-electron chi connectivity index (χ0n) is 28.9. The van der Waals surface area contributed by atoms with Gasteiger partial charge in [0, 0.05) is 89.1 Å². The van der Waals surface area contributed by atoms with Gasteiger partial charge in [0.15, 0.2) is 0 Å². The average Bonchev–Trinajstić information content (AvgIpc) is 2.81. The van der Waals surface area contributed by atoms with Crippen LogP contribution in [0.3, 0.4) is 0 Å². The van der Waals surface area contributed by atoms with Crippen molar-refractivity contribution >= 4 is 12.2 Å². The van der Waals surface area contributed by atoms with E-state index in [1.807, 2.05) is 53.4 Å². The molecule has 0 unspecified atom stereocenters. The number of carbonyl (C=O) groups is 2. The van der Waals surface area contributed by atoms with E-state index in [-0.39, 0.29) is 24.3 Å². The molecule has 2 N–H and O–H groups in total. The van der Waals surface area contributed by atoms with E-state index in [1.165, 1.54) is 58.2 Å². The van der Waals surface area contributed by atoms with E-state index in [4.69, 9.17) is 9.47 Å². The van der Waals surface area contributed by atoms with Gasteiger partial charge in [-0.3, -0.25) is 9.80 Å². The molecule has 5 fully saturated rings. The van der Waals surface area contributed by atoms with Gasteiger partial charge < -0.3 is 29.9 Å². The van der Waals surface area contributed by atoms with Crippen LogP contribution in [0.15, 0.2) is 0 Å². The second kappa shape index (κ2) is 16.1. The topological polar surface area (TPSA) is 89.6 Å². The Hall–Kier alpha value is -1.62. The second-order valence-electron chi connectivity index (χ2n) is 15.3. The molecule has 3 atom stereocenters. The van der Waals surface area contributed by atoms with Gasteiger partial charge in [0.2, 0.25) is 0 Å². The molecule has 0 aromatic carbocycles. The van der Waals surface area contributed by atoms with Crippen LogP contribution in [-0.4, -0.2) is 132 Å². The number of rotatable bonds is 2. The van der Waals surface area contributed by atoms with Gasteiger partial charge >= 0.3 is 12.2 Å². The van der Waals surface area contributed by atoms with Crippen molar-refractivity contribution in [3.05, 3.63) is 0 Å². The Morgan fingerprint density at radius 1 is 0.651 bits per heavy atom. The Labute approximate surface area is 262 Å². The van der Waals surface area contributed by atoms with Gasteiger partial charge in [-0.25, -0.2) is 9.59 Å². The average molecular weight is 609 g/mol. The number of nitrogens with one attached hydrogen (secondary N) is 2. The molecular weight excluding hydrogens is 544 g/mol. The summed E-state index contributed by atoms with van der Waals surface area (Å²) in [5, 5.41) is 6.71. The van der Waals surface area contributed by atoms with Crippen LogP contribution in [0.4, 0.5) is 9.59 Å². The van der Waals surface area contributed by atoms with Crippen LogP contribution in [-0.2, 0) is 9.47 Å². The molecule has 0 aromatic heterocycles. The van der Waals surface area contributed by atoms with Crippen LogP contribution < -0.4 is 10.6 Å². The van der Waals surface area contributed by atoms with E-state index >= 15 is 0 Å². The fraction of sp³-hybridized carbons (Fsp3) is 0.939. The highest BCUT2D eigenvalue weighted by Crippen LogP contribution is 2.27. The minimum atomic E-state index is -0.401. The first-order valence-electron chi connectivity index (χ1n) is 17.0. The van der Waals surface area contributed by atoms with E-state index in [0.717, 1.165) is 51.4 Å². The predicted octanol–water partition coefficient (Wildman–Crippen LogP) is 4.53. The lowest BCUT2D eigenvalue weighted by molar-refractivity contribution is -0.0111. The van der Waals surface area contributed by atoms with Gasteiger partial charge in [0.1, 0.15) is 11.2 Å². The molecule has 3 saturated heterocycles. The normalized spacial score (nSPS) is 27.9. The molecule has 3 aliphatic heterocycles. The molecule has 0 bridgehead atoms. The monoisotopic (exact) mass is 608 g/mol. The molecule has 2 aliphatic carbocycles. The summed E-state index contributed by atoms with van der Waals surface area (Å²) in [5.41, 5.74) is -0.802.